The third kappa shape index (κ3) is 3.99. The minimum Gasteiger partial charge on any atom is -0.475 e. The summed E-state index contributed by atoms with van der Waals surface area (Å²) in [5.41, 5.74) is 5.61. The molecule has 6 nitrogen and oxygen atoms in total. The maximum Gasteiger partial charge on any atom is 0.358 e. The number of ether oxygens (including phenoxy) is 2. The molecule has 17 heavy (non-hydrogen) atoms. The number of esters is 1. The lowest BCUT2D eigenvalue weighted by Crippen LogP contribution is -2.41. The maximum atomic E-state index is 11.2. The monoisotopic (exact) mass is 239 g/mol. The molecule has 1 heterocycles. The molecule has 0 saturated heterocycles. The normalized spacial score (nSPS) is 13.9. The molecule has 1 aromatic rings. The lowest BCUT2D eigenvalue weighted by Gasteiger charge is -2.22. The summed E-state index contributed by atoms with van der Waals surface area (Å²) in [6.07, 6.45) is 3.52. The first-order valence-electron chi connectivity index (χ1n) is 5.30. The van der Waals surface area contributed by atoms with Crippen LogP contribution in [0.1, 0.15) is 30.8 Å². The van der Waals surface area contributed by atoms with Crippen LogP contribution in [-0.4, -0.2) is 35.2 Å². The number of carbonyl (C=O) groups excluding carboxylic acids is 1. The van der Waals surface area contributed by atoms with Crippen molar-refractivity contribution in [2.45, 2.75) is 25.8 Å². The van der Waals surface area contributed by atoms with Gasteiger partial charge in [-0.1, -0.05) is 6.92 Å². The largest absolute Gasteiger partial charge is 0.475 e. The predicted octanol–water partition coefficient (Wildman–Crippen LogP) is 0.769. The van der Waals surface area contributed by atoms with E-state index in [1.807, 2.05) is 13.8 Å². The Balaban J connectivity index is 2.70. The first-order chi connectivity index (χ1) is 7.98. The molecular formula is C11H17N3O3. The van der Waals surface area contributed by atoms with E-state index in [0.717, 1.165) is 6.42 Å². The second kappa shape index (κ2) is 5.58. The summed E-state index contributed by atoms with van der Waals surface area (Å²) in [6.45, 7) is 4.16. The quantitative estimate of drug-likeness (QED) is 0.763. The van der Waals surface area contributed by atoms with Gasteiger partial charge in [-0.3, -0.25) is 4.98 Å². The number of aromatic nitrogens is 2. The molecule has 94 valence electrons. The Morgan fingerprint density at radius 2 is 2.24 bits per heavy atom. The third-order valence-corrected chi connectivity index (χ3v) is 2.36. The van der Waals surface area contributed by atoms with Crippen LogP contribution in [0.4, 0.5) is 0 Å². The zero-order chi connectivity index (χ0) is 12.9. The fourth-order valence-electron chi connectivity index (χ4n) is 0.961. The fourth-order valence-corrected chi connectivity index (χ4v) is 0.961. The zero-order valence-corrected chi connectivity index (χ0v) is 10.3. The number of rotatable bonds is 5. The van der Waals surface area contributed by atoms with Crippen molar-refractivity contribution in [3.8, 4) is 5.88 Å². The molecule has 0 aliphatic rings. The second-order valence-electron chi connectivity index (χ2n) is 4.03. The Morgan fingerprint density at radius 3 is 2.82 bits per heavy atom. The highest BCUT2D eigenvalue weighted by molar-refractivity contribution is 5.86. The van der Waals surface area contributed by atoms with Crippen LogP contribution in [0.15, 0.2) is 12.4 Å². The average molecular weight is 239 g/mol. The molecule has 0 radical (unpaired) electrons. The topological polar surface area (TPSA) is 87.3 Å². The minimum atomic E-state index is -0.547. The Kier molecular flexibility index (Phi) is 4.39. The van der Waals surface area contributed by atoms with Gasteiger partial charge < -0.3 is 15.2 Å². The van der Waals surface area contributed by atoms with Crippen molar-refractivity contribution < 1.29 is 14.3 Å². The lowest BCUT2D eigenvalue weighted by molar-refractivity contribution is 0.0592. The molecule has 0 amide bonds. The van der Waals surface area contributed by atoms with Crippen molar-refractivity contribution in [3.05, 3.63) is 18.1 Å². The second-order valence-corrected chi connectivity index (χ2v) is 4.03. The van der Waals surface area contributed by atoms with E-state index in [1.54, 1.807) is 0 Å². The van der Waals surface area contributed by atoms with Crippen LogP contribution in [-0.2, 0) is 4.74 Å². The van der Waals surface area contributed by atoms with Crippen LogP contribution >= 0.6 is 0 Å². The van der Waals surface area contributed by atoms with Crippen molar-refractivity contribution in [1.82, 2.24) is 9.97 Å². The first-order valence-corrected chi connectivity index (χ1v) is 5.30. The molecule has 1 rings (SSSR count). The summed E-state index contributed by atoms with van der Waals surface area (Å²) >= 11 is 0. The molecule has 6 heteroatoms. The highest BCUT2D eigenvalue weighted by atomic mass is 16.5. The third-order valence-electron chi connectivity index (χ3n) is 2.36. The maximum absolute atomic E-state index is 11.2. The van der Waals surface area contributed by atoms with Gasteiger partial charge in [-0.2, -0.15) is 0 Å². The van der Waals surface area contributed by atoms with E-state index in [-0.39, 0.29) is 11.6 Å². The smallest absolute Gasteiger partial charge is 0.358 e. The molecule has 0 fully saturated rings. The molecule has 0 spiro atoms. The molecule has 0 aromatic carbocycles. The van der Waals surface area contributed by atoms with Crippen LogP contribution in [0.2, 0.25) is 0 Å². The van der Waals surface area contributed by atoms with E-state index in [1.165, 1.54) is 19.5 Å². The first kappa shape index (κ1) is 13.4. The number of carbonyl (C=O) groups is 1. The SMILES string of the molecule is CCC(C)(N)COc1cncc(C(=O)OC)n1. The van der Waals surface area contributed by atoms with Gasteiger partial charge in [-0.15, -0.1) is 0 Å². The van der Waals surface area contributed by atoms with Gasteiger partial charge in [0.05, 0.1) is 19.5 Å². The number of hydrogen-bond donors (Lipinski definition) is 1. The van der Waals surface area contributed by atoms with E-state index in [9.17, 15) is 4.79 Å². The van der Waals surface area contributed by atoms with Gasteiger partial charge >= 0.3 is 5.97 Å². The molecule has 1 atom stereocenters. The van der Waals surface area contributed by atoms with Crippen LogP contribution in [0.25, 0.3) is 0 Å². The van der Waals surface area contributed by atoms with Crippen molar-refractivity contribution in [2.24, 2.45) is 5.73 Å². The Morgan fingerprint density at radius 1 is 1.53 bits per heavy atom. The summed E-state index contributed by atoms with van der Waals surface area (Å²) in [5.74, 6) is -0.285. The summed E-state index contributed by atoms with van der Waals surface area (Å²) in [7, 11) is 1.28. The summed E-state index contributed by atoms with van der Waals surface area (Å²) < 4.78 is 9.93. The minimum absolute atomic E-state index is 0.111. The van der Waals surface area contributed by atoms with Gasteiger partial charge in [-0.25, -0.2) is 9.78 Å². The molecule has 0 bridgehead atoms. The van der Waals surface area contributed by atoms with Gasteiger partial charge in [0.15, 0.2) is 5.69 Å². The van der Waals surface area contributed by atoms with E-state index in [4.69, 9.17) is 10.5 Å². The van der Waals surface area contributed by atoms with E-state index in [0.29, 0.717) is 6.61 Å². The van der Waals surface area contributed by atoms with Crippen LogP contribution in [0.3, 0.4) is 0 Å². The molecule has 1 unspecified atom stereocenters. The molecule has 0 aliphatic heterocycles. The highest BCUT2D eigenvalue weighted by Crippen LogP contribution is 2.10. The van der Waals surface area contributed by atoms with Gasteiger partial charge in [0.25, 0.3) is 0 Å². The molecule has 1 aromatic heterocycles. The van der Waals surface area contributed by atoms with Crippen molar-refractivity contribution in [1.29, 1.82) is 0 Å². The summed E-state index contributed by atoms with van der Waals surface area (Å²) in [5, 5.41) is 0. The van der Waals surface area contributed by atoms with Gasteiger partial charge in [-0.05, 0) is 13.3 Å². The van der Waals surface area contributed by atoms with Crippen LogP contribution in [0, 0.1) is 0 Å². The van der Waals surface area contributed by atoms with Crippen LogP contribution in [0.5, 0.6) is 5.88 Å². The van der Waals surface area contributed by atoms with E-state index >= 15 is 0 Å². The Bertz CT molecular complexity index is 393. The number of hydrogen-bond acceptors (Lipinski definition) is 6. The molecule has 0 saturated carbocycles. The van der Waals surface area contributed by atoms with Crippen molar-refractivity contribution >= 4 is 5.97 Å². The summed E-state index contributed by atoms with van der Waals surface area (Å²) in [4.78, 5) is 19.0. The van der Waals surface area contributed by atoms with Gasteiger partial charge in [0, 0.05) is 5.54 Å². The number of methoxy groups -OCH3 is 1. The number of nitrogens with two attached hydrogens (primary N) is 1. The van der Waals surface area contributed by atoms with Gasteiger partial charge in [0.1, 0.15) is 6.61 Å². The Hall–Kier alpha value is -1.69. The van der Waals surface area contributed by atoms with Crippen molar-refractivity contribution in [2.75, 3.05) is 13.7 Å². The fraction of sp³-hybridized carbons (Fsp3) is 0.545. The highest BCUT2D eigenvalue weighted by Gasteiger charge is 2.17. The Labute approximate surface area is 100 Å². The molecule has 0 aliphatic carbocycles. The van der Waals surface area contributed by atoms with Crippen molar-refractivity contribution in [3.63, 3.8) is 0 Å². The zero-order valence-electron chi connectivity index (χ0n) is 10.3. The van der Waals surface area contributed by atoms with E-state index < -0.39 is 11.5 Å². The molecule has 2 N–H and O–H groups in total. The van der Waals surface area contributed by atoms with Crippen LogP contribution < -0.4 is 10.5 Å². The van der Waals surface area contributed by atoms with Gasteiger partial charge in [0.2, 0.25) is 5.88 Å². The standard InChI is InChI=1S/C11H17N3O3/c1-4-11(2,12)7-17-9-6-13-5-8(14-9)10(15)16-3/h5-6H,4,7,12H2,1-3H3. The number of nitrogens with zero attached hydrogens (tertiary/aromatic N) is 2. The summed E-state index contributed by atoms with van der Waals surface area (Å²) in [6, 6.07) is 0. The predicted molar refractivity (Wildman–Crippen MR) is 61.7 cm³/mol. The lowest BCUT2D eigenvalue weighted by atomic mass is 10.0. The van der Waals surface area contributed by atoms with E-state index in [2.05, 4.69) is 14.7 Å². The average Bonchev–Trinajstić information content (AvgIpc) is 2.36. The molecular weight excluding hydrogens is 222 g/mol.